The molecule has 12 nitrogen and oxygen atoms in total. The number of nitrogens with one attached hydrogen (secondary N) is 2. The van der Waals surface area contributed by atoms with Crippen molar-refractivity contribution in [1.29, 1.82) is 0 Å². The largest absolute Gasteiger partial charge is 0.399 e. The Balaban J connectivity index is 1.30. The number of carbonyl (C=O) groups is 3. The minimum atomic E-state index is -5.76. The summed E-state index contributed by atoms with van der Waals surface area (Å²) in [5, 5.41) is 2.95. The molecule has 2 aromatic rings. The van der Waals surface area contributed by atoms with E-state index in [2.05, 4.69) is 10.0 Å². The number of sulfonamides is 1. The molecule has 3 aliphatic rings. The molecule has 4 heterocycles. The van der Waals surface area contributed by atoms with Crippen LogP contribution in [0, 0.1) is 0 Å². The van der Waals surface area contributed by atoms with Gasteiger partial charge in [0.15, 0.2) is 0 Å². The van der Waals surface area contributed by atoms with Gasteiger partial charge in [-0.15, -0.1) is 11.3 Å². The Morgan fingerprint density at radius 3 is 2.45 bits per heavy atom. The summed E-state index contributed by atoms with van der Waals surface area (Å²) < 4.78 is 65.5. The maximum atomic E-state index is 14.2. The van der Waals surface area contributed by atoms with E-state index in [0.717, 1.165) is 42.6 Å². The normalized spacial score (nSPS) is 24.2. The molecule has 0 spiro atoms. The molecular formula is C25H31F2N4O8PS2. The van der Waals surface area contributed by atoms with Gasteiger partial charge in [-0.05, 0) is 49.3 Å². The number of thiophene rings is 1. The standard InChI is InChI=1S/C25H31F2N4O8PS2/c1-42(38,39)29-16-12-30(13-16)24(34)19-8-7-17-4-2-3-5-18(23(33)31(17)19)28-22(32)21-11-14-10-15(6-9-20(14)41-21)25(26,27)40(35,36)37/h6,9-11,16-19,29H,2-5,7-8,12-13H2,1H3,(H,28,32)(H2,35,36,37)/t17-,18-,19-/m0/s1. The maximum absolute atomic E-state index is 14.2. The number of hydrogen-bond acceptors (Lipinski definition) is 7. The van der Waals surface area contributed by atoms with E-state index in [-0.39, 0.29) is 47.3 Å². The molecule has 17 heteroatoms. The summed E-state index contributed by atoms with van der Waals surface area (Å²) in [6, 6.07) is 2.26. The predicted molar refractivity (Wildman–Crippen MR) is 149 cm³/mol. The van der Waals surface area contributed by atoms with Crippen LogP contribution in [-0.4, -0.2) is 89.2 Å². The lowest BCUT2D eigenvalue weighted by Gasteiger charge is -2.43. The first-order chi connectivity index (χ1) is 19.5. The van der Waals surface area contributed by atoms with Crippen molar-refractivity contribution in [1.82, 2.24) is 19.8 Å². The second-order valence-electron chi connectivity index (χ2n) is 11.1. The number of rotatable bonds is 7. The van der Waals surface area contributed by atoms with E-state index in [1.807, 2.05) is 0 Å². The Labute approximate surface area is 244 Å². The summed E-state index contributed by atoms with van der Waals surface area (Å²) in [6.45, 7) is 0.423. The minimum Gasteiger partial charge on any atom is -0.340 e. The summed E-state index contributed by atoms with van der Waals surface area (Å²) in [4.78, 5) is 61.6. The third kappa shape index (κ3) is 6.10. The number of nitrogens with zero attached hydrogens (tertiary/aromatic N) is 2. The number of carbonyl (C=O) groups excluding carboxylic acids is 3. The number of likely N-dealkylation sites (tertiary alicyclic amines) is 1. The lowest BCUT2D eigenvalue weighted by atomic mass is 9.98. The fourth-order valence-electron chi connectivity index (χ4n) is 5.89. The SMILES string of the molecule is CS(=O)(=O)NC1CN(C(=O)[C@@H]2CC[C@@H]3CCCC[C@H](NC(=O)c4cc5cc(C(F)(F)P(=O)(O)O)ccc5s4)C(=O)N32)C1. The van der Waals surface area contributed by atoms with Gasteiger partial charge in [-0.2, -0.15) is 8.78 Å². The Bertz CT molecular complexity index is 1570. The van der Waals surface area contributed by atoms with Crippen molar-refractivity contribution >= 4 is 56.8 Å². The monoisotopic (exact) mass is 648 g/mol. The molecule has 1 aromatic carbocycles. The zero-order chi connectivity index (χ0) is 30.6. The van der Waals surface area contributed by atoms with Crippen LogP contribution in [0.1, 0.15) is 53.8 Å². The van der Waals surface area contributed by atoms with Crippen molar-refractivity contribution in [3.8, 4) is 0 Å². The zero-order valence-corrected chi connectivity index (χ0v) is 25.1. The molecule has 1 aromatic heterocycles. The molecule has 5 rings (SSSR count). The number of benzene rings is 1. The van der Waals surface area contributed by atoms with Crippen molar-refractivity contribution in [2.75, 3.05) is 19.3 Å². The first-order valence-electron chi connectivity index (χ1n) is 13.4. The van der Waals surface area contributed by atoms with Crippen LogP contribution in [-0.2, 0) is 29.8 Å². The average molecular weight is 649 g/mol. The Hall–Kier alpha value is -2.49. The highest BCUT2D eigenvalue weighted by Gasteiger charge is 2.50. The number of alkyl halides is 2. The summed E-state index contributed by atoms with van der Waals surface area (Å²) in [5.41, 5.74) is -5.27. The molecule has 0 saturated carbocycles. The molecule has 3 aliphatic heterocycles. The second kappa shape index (κ2) is 11.2. The Kier molecular flexibility index (Phi) is 8.26. The van der Waals surface area contributed by atoms with Crippen molar-refractivity contribution in [3.63, 3.8) is 0 Å². The van der Waals surface area contributed by atoms with Crippen molar-refractivity contribution in [2.24, 2.45) is 0 Å². The van der Waals surface area contributed by atoms with Gasteiger partial charge in [0.05, 0.1) is 17.2 Å². The van der Waals surface area contributed by atoms with Crippen LogP contribution in [0.5, 0.6) is 0 Å². The van der Waals surface area contributed by atoms with Crippen molar-refractivity contribution < 1.29 is 45.9 Å². The zero-order valence-electron chi connectivity index (χ0n) is 22.5. The second-order valence-corrected chi connectivity index (χ2v) is 15.6. The first-order valence-corrected chi connectivity index (χ1v) is 17.7. The molecule has 3 saturated heterocycles. The third-order valence-corrected chi connectivity index (χ3v) is 10.8. The highest BCUT2D eigenvalue weighted by molar-refractivity contribution is 7.88. The van der Waals surface area contributed by atoms with E-state index in [9.17, 15) is 36.1 Å². The van der Waals surface area contributed by atoms with E-state index in [4.69, 9.17) is 9.79 Å². The number of fused-ring (bicyclic) bond motifs is 2. The maximum Gasteiger partial charge on any atom is 0.399 e. The smallest absolute Gasteiger partial charge is 0.340 e. The molecule has 0 unspecified atom stereocenters. The number of amides is 3. The van der Waals surface area contributed by atoms with E-state index < -0.39 is 46.8 Å². The van der Waals surface area contributed by atoms with Gasteiger partial charge in [-0.1, -0.05) is 18.9 Å². The molecule has 230 valence electrons. The molecule has 42 heavy (non-hydrogen) atoms. The van der Waals surface area contributed by atoms with Crippen LogP contribution >= 0.6 is 18.9 Å². The molecular weight excluding hydrogens is 617 g/mol. The van der Waals surface area contributed by atoms with Crippen LogP contribution < -0.4 is 10.0 Å². The van der Waals surface area contributed by atoms with Gasteiger partial charge < -0.3 is 24.9 Å². The fraction of sp³-hybridized carbons (Fsp3) is 0.560. The minimum absolute atomic E-state index is 0.132. The van der Waals surface area contributed by atoms with Gasteiger partial charge in [0, 0.05) is 29.4 Å². The van der Waals surface area contributed by atoms with Crippen molar-refractivity contribution in [3.05, 3.63) is 34.7 Å². The van der Waals surface area contributed by atoms with Gasteiger partial charge in [-0.3, -0.25) is 18.9 Å². The lowest BCUT2D eigenvalue weighted by Crippen LogP contribution is -2.64. The van der Waals surface area contributed by atoms with Crippen LogP contribution in [0.3, 0.4) is 0 Å². The van der Waals surface area contributed by atoms with Gasteiger partial charge in [0.1, 0.15) is 12.1 Å². The number of hydrogen-bond donors (Lipinski definition) is 4. The molecule has 0 aliphatic carbocycles. The Morgan fingerprint density at radius 2 is 1.79 bits per heavy atom. The van der Waals surface area contributed by atoms with E-state index in [1.54, 1.807) is 4.90 Å². The molecule has 0 radical (unpaired) electrons. The van der Waals surface area contributed by atoms with Crippen LogP contribution in [0.2, 0.25) is 0 Å². The van der Waals surface area contributed by atoms with Crippen LogP contribution in [0.25, 0.3) is 10.1 Å². The fourth-order valence-corrected chi connectivity index (χ4v) is 8.07. The van der Waals surface area contributed by atoms with E-state index >= 15 is 0 Å². The van der Waals surface area contributed by atoms with Gasteiger partial charge in [0.2, 0.25) is 21.8 Å². The van der Waals surface area contributed by atoms with E-state index in [0.29, 0.717) is 30.4 Å². The van der Waals surface area contributed by atoms with Crippen LogP contribution in [0.15, 0.2) is 24.3 Å². The van der Waals surface area contributed by atoms with Gasteiger partial charge in [-0.25, -0.2) is 13.1 Å². The summed E-state index contributed by atoms with van der Waals surface area (Å²) in [6.07, 6.45) is 4.71. The summed E-state index contributed by atoms with van der Waals surface area (Å²) in [5.74, 6) is -1.23. The van der Waals surface area contributed by atoms with E-state index in [1.165, 1.54) is 17.0 Å². The highest BCUT2D eigenvalue weighted by Crippen LogP contribution is 2.59. The topological polar surface area (TPSA) is 173 Å². The van der Waals surface area contributed by atoms with Crippen LogP contribution in [0.4, 0.5) is 8.78 Å². The summed E-state index contributed by atoms with van der Waals surface area (Å²) in [7, 11) is -9.17. The predicted octanol–water partition coefficient (Wildman–Crippen LogP) is 1.92. The molecule has 3 amide bonds. The molecule has 3 atom stereocenters. The van der Waals surface area contributed by atoms with Gasteiger partial charge >= 0.3 is 13.3 Å². The molecule has 4 N–H and O–H groups in total. The summed E-state index contributed by atoms with van der Waals surface area (Å²) >= 11 is 0.989. The van der Waals surface area contributed by atoms with Gasteiger partial charge in [0.25, 0.3) is 5.91 Å². The highest BCUT2D eigenvalue weighted by atomic mass is 32.2. The average Bonchev–Trinajstić information content (AvgIpc) is 3.48. The Morgan fingerprint density at radius 1 is 1.10 bits per heavy atom. The molecule has 3 fully saturated rings. The quantitative estimate of drug-likeness (QED) is 0.330. The molecule has 0 bridgehead atoms. The number of halogens is 2. The first kappa shape index (κ1) is 31.0. The van der Waals surface area contributed by atoms with Crippen molar-refractivity contribution in [2.45, 2.75) is 68.4 Å². The lowest BCUT2D eigenvalue weighted by molar-refractivity contribution is -0.149. The third-order valence-electron chi connectivity index (χ3n) is 7.95.